The fraction of sp³-hybridized carbons (Fsp3) is 0.280. The average Bonchev–Trinajstić information content (AvgIpc) is 3.26. The number of hydrogen-bond acceptors (Lipinski definition) is 4. The van der Waals surface area contributed by atoms with Crippen LogP contribution >= 0.6 is 0 Å². The first kappa shape index (κ1) is 19.7. The Morgan fingerprint density at radius 1 is 1.06 bits per heavy atom. The molecule has 31 heavy (non-hydrogen) atoms. The van der Waals surface area contributed by atoms with E-state index in [0.29, 0.717) is 6.54 Å². The van der Waals surface area contributed by atoms with Gasteiger partial charge in [0.15, 0.2) is 0 Å². The van der Waals surface area contributed by atoms with Crippen LogP contribution in [0.15, 0.2) is 48.7 Å². The number of morpholine rings is 1. The molecule has 3 aromatic rings. The Hall–Kier alpha value is -3.22. The van der Waals surface area contributed by atoms with Crippen molar-refractivity contribution in [2.24, 2.45) is 0 Å². The molecule has 2 aromatic heterocycles. The van der Waals surface area contributed by atoms with Gasteiger partial charge in [0, 0.05) is 55.7 Å². The predicted octanol–water partition coefficient (Wildman–Crippen LogP) is 3.37. The van der Waals surface area contributed by atoms with Crippen molar-refractivity contribution < 1.29 is 9.53 Å². The lowest BCUT2D eigenvalue weighted by Crippen LogP contribution is -2.35. The van der Waals surface area contributed by atoms with E-state index in [9.17, 15) is 4.79 Å². The molecular weight excluding hydrogens is 388 g/mol. The fourth-order valence-corrected chi connectivity index (χ4v) is 4.09. The summed E-state index contributed by atoms with van der Waals surface area (Å²) in [5.74, 6) is -0.00464. The van der Waals surface area contributed by atoms with Crippen molar-refractivity contribution >= 4 is 18.1 Å². The fourth-order valence-electron chi connectivity index (χ4n) is 4.09. The van der Waals surface area contributed by atoms with Crippen LogP contribution in [0.4, 0.5) is 0 Å². The number of nitrogens with one attached hydrogen (secondary N) is 2. The summed E-state index contributed by atoms with van der Waals surface area (Å²) in [5, 5.41) is 2.89. The molecule has 0 atom stereocenters. The largest absolute Gasteiger partial charge is 0.379 e. The molecule has 0 bridgehead atoms. The van der Waals surface area contributed by atoms with E-state index < -0.39 is 0 Å². The van der Waals surface area contributed by atoms with Crippen LogP contribution in [0.5, 0.6) is 0 Å². The number of nitrogens with zero attached hydrogens (tertiary/aromatic N) is 2. The number of carbonyl (C=O) groups excluding carboxylic acids is 1. The van der Waals surface area contributed by atoms with Crippen molar-refractivity contribution in [3.8, 4) is 11.3 Å². The van der Waals surface area contributed by atoms with E-state index in [1.165, 1.54) is 5.56 Å². The Balaban J connectivity index is 1.28. The first-order valence-electron chi connectivity index (χ1n) is 10.8. The van der Waals surface area contributed by atoms with Crippen molar-refractivity contribution in [1.29, 1.82) is 0 Å². The van der Waals surface area contributed by atoms with Gasteiger partial charge in [-0.2, -0.15) is 0 Å². The second-order valence-corrected chi connectivity index (χ2v) is 8.01. The van der Waals surface area contributed by atoms with Crippen LogP contribution in [0.2, 0.25) is 0 Å². The quantitative estimate of drug-likeness (QED) is 0.672. The van der Waals surface area contributed by atoms with Crippen molar-refractivity contribution in [3.63, 3.8) is 0 Å². The maximum absolute atomic E-state index is 12.0. The van der Waals surface area contributed by atoms with Crippen molar-refractivity contribution in [1.82, 2.24) is 20.2 Å². The number of benzene rings is 1. The minimum Gasteiger partial charge on any atom is -0.379 e. The Bertz CT molecular complexity index is 1090. The summed E-state index contributed by atoms with van der Waals surface area (Å²) in [4.78, 5) is 22.3. The van der Waals surface area contributed by atoms with Crippen LogP contribution in [0, 0.1) is 0 Å². The molecule has 5 rings (SSSR count). The Morgan fingerprint density at radius 2 is 1.90 bits per heavy atom. The summed E-state index contributed by atoms with van der Waals surface area (Å²) in [6, 6.07) is 14.6. The van der Waals surface area contributed by atoms with Crippen LogP contribution in [-0.4, -0.2) is 53.6 Å². The average molecular weight is 415 g/mol. The highest BCUT2D eigenvalue weighted by Gasteiger charge is 2.19. The Labute approximate surface area is 182 Å². The van der Waals surface area contributed by atoms with E-state index in [1.54, 1.807) is 6.20 Å². The van der Waals surface area contributed by atoms with Gasteiger partial charge in [0.05, 0.1) is 24.5 Å². The molecule has 0 radical (unpaired) electrons. The van der Waals surface area contributed by atoms with E-state index in [-0.39, 0.29) is 5.91 Å². The summed E-state index contributed by atoms with van der Waals surface area (Å²) in [7, 11) is 0. The molecule has 1 aromatic carbocycles. The van der Waals surface area contributed by atoms with Crippen molar-refractivity contribution in [3.05, 3.63) is 76.7 Å². The maximum Gasteiger partial charge on any atom is 0.253 e. The summed E-state index contributed by atoms with van der Waals surface area (Å²) in [6.45, 7) is 5.29. The maximum atomic E-state index is 12.0. The van der Waals surface area contributed by atoms with Gasteiger partial charge >= 0.3 is 0 Å². The lowest BCUT2D eigenvalue weighted by molar-refractivity contribution is 0.0342. The van der Waals surface area contributed by atoms with Crippen LogP contribution in [0.3, 0.4) is 0 Å². The zero-order valence-electron chi connectivity index (χ0n) is 17.4. The molecule has 1 fully saturated rings. The van der Waals surface area contributed by atoms with Gasteiger partial charge in [-0.05, 0) is 35.4 Å². The second kappa shape index (κ2) is 8.88. The van der Waals surface area contributed by atoms with Crippen LogP contribution in [-0.2, 0) is 17.7 Å². The highest BCUT2D eigenvalue weighted by molar-refractivity contribution is 5.97. The number of rotatable bonds is 5. The molecule has 0 saturated carbocycles. The number of aromatic nitrogens is 2. The van der Waals surface area contributed by atoms with E-state index in [4.69, 9.17) is 4.74 Å². The van der Waals surface area contributed by atoms with Gasteiger partial charge < -0.3 is 15.0 Å². The zero-order chi connectivity index (χ0) is 21.0. The minimum atomic E-state index is -0.00464. The number of hydrogen-bond donors (Lipinski definition) is 2. The summed E-state index contributed by atoms with van der Waals surface area (Å²) >= 11 is 0. The molecule has 2 aliphatic rings. The number of ether oxygens (including phenoxy) is 1. The van der Waals surface area contributed by atoms with Crippen molar-refractivity contribution in [2.45, 2.75) is 13.0 Å². The van der Waals surface area contributed by atoms with Gasteiger partial charge in [0.2, 0.25) is 0 Å². The SMILES string of the molecule is O=C1NCCc2[nH]c(-c3ccnc(C=Cc4ccc(CN5CCOCC5)cc4)c3)cc21. The molecule has 158 valence electrons. The number of carbonyl (C=O) groups is 1. The molecule has 2 aliphatic heterocycles. The lowest BCUT2D eigenvalue weighted by Gasteiger charge is -2.26. The third-order valence-electron chi connectivity index (χ3n) is 5.83. The highest BCUT2D eigenvalue weighted by atomic mass is 16.5. The topological polar surface area (TPSA) is 70.2 Å². The van der Waals surface area contributed by atoms with Gasteiger partial charge in [0.1, 0.15) is 0 Å². The Morgan fingerprint density at radius 3 is 2.71 bits per heavy atom. The van der Waals surface area contributed by atoms with Gasteiger partial charge in [-0.3, -0.25) is 14.7 Å². The third kappa shape index (κ3) is 4.60. The van der Waals surface area contributed by atoms with Gasteiger partial charge in [0.25, 0.3) is 5.91 Å². The van der Waals surface area contributed by atoms with Gasteiger partial charge in [-0.25, -0.2) is 0 Å². The van der Waals surface area contributed by atoms with Gasteiger partial charge in [-0.1, -0.05) is 30.3 Å². The number of aromatic amines is 1. The van der Waals surface area contributed by atoms with E-state index >= 15 is 0 Å². The smallest absolute Gasteiger partial charge is 0.253 e. The molecule has 1 saturated heterocycles. The molecule has 0 unspecified atom stereocenters. The number of amides is 1. The van der Waals surface area contributed by atoms with E-state index in [0.717, 1.165) is 73.0 Å². The molecule has 2 N–H and O–H groups in total. The first-order chi connectivity index (χ1) is 15.2. The summed E-state index contributed by atoms with van der Waals surface area (Å²) in [6.07, 6.45) is 6.74. The monoisotopic (exact) mass is 414 g/mol. The number of fused-ring (bicyclic) bond motifs is 1. The van der Waals surface area contributed by atoms with E-state index in [2.05, 4.69) is 50.5 Å². The molecular formula is C25H26N4O2. The van der Waals surface area contributed by atoms with Crippen LogP contribution in [0.1, 0.15) is 32.9 Å². The summed E-state index contributed by atoms with van der Waals surface area (Å²) < 4.78 is 5.42. The third-order valence-corrected chi connectivity index (χ3v) is 5.83. The van der Waals surface area contributed by atoms with Crippen molar-refractivity contribution in [2.75, 3.05) is 32.8 Å². The molecule has 0 spiro atoms. The van der Waals surface area contributed by atoms with Crippen LogP contribution < -0.4 is 5.32 Å². The Kier molecular flexibility index (Phi) is 5.65. The predicted molar refractivity (Wildman–Crippen MR) is 122 cm³/mol. The molecule has 1 amide bonds. The van der Waals surface area contributed by atoms with Gasteiger partial charge in [-0.15, -0.1) is 0 Å². The molecule has 0 aliphatic carbocycles. The summed E-state index contributed by atoms with van der Waals surface area (Å²) in [5.41, 5.74) is 7.07. The highest BCUT2D eigenvalue weighted by Crippen LogP contribution is 2.24. The molecule has 6 nitrogen and oxygen atoms in total. The minimum absolute atomic E-state index is 0.00464. The standard InChI is InChI=1S/C25H26N4O2/c30-25-22-16-24(28-23(22)8-10-27-25)20-7-9-26-21(15-20)6-5-18-1-3-19(4-2-18)17-29-11-13-31-14-12-29/h1-7,9,15-16,28H,8,10-14,17H2,(H,27,30). The molecule has 6 heteroatoms. The zero-order valence-corrected chi connectivity index (χ0v) is 17.4. The normalized spacial score (nSPS) is 17.0. The second-order valence-electron chi connectivity index (χ2n) is 8.01. The first-order valence-corrected chi connectivity index (χ1v) is 10.8. The number of H-pyrrole nitrogens is 1. The number of pyridine rings is 1. The molecule has 4 heterocycles. The van der Waals surface area contributed by atoms with E-state index in [1.807, 2.05) is 24.3 Å². The lowest BCUT2D eigenvalue weighted by atomic mass is 10.1. The van der Waals surface area contributed by atoms with Crippen LogP contribution in [0.25, 0.3) is 23.4 Å².